The van der Waals surface area contributed by atoms with Gasteiger partial charge in [0, 0.05) is 61.9 Å². The van der Waals surface area contributed by atoms with Crippen LogP contribution in [-0.2, 0) is 4.74 Å². The molecule has 2 aromatic carbocycles. The summed E-state index contributed by atoms with van der Waals surface area (Å²) in [5.74, 6) is 0. The van der Waals surface area contributed by atoms with Crippen molar-refractivity contribution >= 4 is 34.9 Å². The number of rotatable bonds is 9. The quantitative estimate of drug-likeness (QED) is 0.194. The van der Waals surface area contributed by atoms with Crippen molar-refractivity contribution in [2.24, 2.45) is 0 Å². The third-order valence-electron chi connectivity index (χ3n) is 7.58. The summed E-state index contributed by atoms with van der Waals surface area (Å²) in [6.07, 6.45) is 4.04. The SMILES string of the molecule is Cc1ccc(C(CCCN(C)C)Nc2ccc3c(c2)Sc2cccc(-c4cc(N5CCOCC5)cc(=O)[nH]4)c2S3)nc1. The van der Waals surface area contributed by atoms with Gasteiger partial charge < -0.3 is 24.8 Å². The minimum atomic E-state index is -0.0839. The number of hydrogen-bond donors (Lipinski definition) is 2. The Labute approximate surface area is 256 Å². The van der Waals surface area contributed by atoms with Crippen molar-refractivity contribution in [1.82, 2.24) is 14.9 Å². The summed E-state index contributed by atoms with van der Waals surface area (Å²) < 4.78 is 5.51. The molecule has 6 rings (SSSR count). The van der Waals surface area contributed by atoms with Crippen LogP contribution in [0.4, 0.5) is 11.4 Å². The van der Waals surface area contributed by atoms with Crippen LogP contribution < -0.4 is 15.8 Å². The predicted octanol–water partition coefficient (Wildman–Crippen LogP) is 6.69. The second-order valence-electron chi connectivity index (χ2n) is 11.1. The lowest BCUT2D eigenvalue weighted by molar-refractivity contribution is 0.122. The molecule has 0 amide bonds. The summed E-state index contributed by atoms with van der Waals surface area (Å²) in [7, 11) is 4.24. The van der Waals surface area contributed by atoms with E-state index in [-0.39, 0.29) is 11.6 Å². The van der Waals surface area contributed by atoms with E-state index in [0.29, 0.717) is 13.2 Å². The van der Waals surface area contributed by atoms with E-state index in [2.05, 4.69) is 95.7 Å². The van der Waals surface area contributed by atoms with Gasteiger partial charge in [0.25, 0.3) is 0 Å². The number of aromatic amines is 1. The van der Waals surface area contributed by atoms with Crippen molar-refractivity contribution in [3.8, 4) is 11.3 Å². The van der Waals surface area contributed by atoms with E-state index in [0.717, 1.165) is 60.8 Å². The largest absolute Gasteiger partial charge is 0.378 e. The lowest BCUT2D eigenvalue weighted by Crippen LogP contribution is -2.36. The molecular weight excluding hydrogens is 563 g/mol. The number of aromatic nitrogens is 2. The van der Waals surface area contributed by atoms with Gasteiger partial charge in [-0.1, -0.05) is 41.7 Å². The van der Waals surface area contributed by atoms with E-state index in [1.807, 2.05) is 6.20 Å². The highest BCUT2D eigenvalue weighted by Crippen LogP contribution is 2.52. The summed E-state index contributed by atoms with van der Waals surface area (Å²) in [6.45, 7) is 6.07. The molecule has 7 nitrogen and oxygen atoms in total. The van der Waals surface area contributed by atoms with Crippen LogP contribution in [-0.4, -0.2) is 61.8 Å². The van der Waals surface area contributed by atoms with Crippen molar-refractivity contribution < 1.29 is 4.74 Å². The molecule has 4 aromatic rings. The number of H-pyrrole nitrogens is 1. The summed E-state index contributed by atoms with van der Waals surface area (Å²) in [6, 6.07) is 21.2. The number of nitrogens with one attached hydrogen (secondary N) is 2. The molecule has 42 heavy (non-hydrogen) atoms. The van der Waals surface area contributed by atoms with Gasteiger partial charge in [-0.05, 0) is 82.4 Å². The zero-order valence-corrected chi connectivity index (χ0v) is 26.0. The highest BCUT2D eigenvalue weighted by atomic mass is 32.2. The van der Waals surface area contributed by atoms with Gasteiger partial charge in [0.05, 0.1) is 30.6 Å². The van der Waals surface area contributed by atoms with Crippen LogP contribution in [0, 0.1) is 6.92 Å². The molecule has 2 N–H and O–H groups in total. The van der Waals surface area contributed by atoms with E-state index in [9.17, 15) is 4.79 Å². The first-order valence-electron chi connectivity index (χ1n) is 14.5. The van der Waals surface area contributed by atoms with Gasteiger partial charge in [0.2, 0.25) is 5.56 Å². The summed E-state index contributed by atoms with van der Waals surface area (Å²) in [5.41, 5.74) is 6.10. The predicted molar refractivity (Wildman–Crippen MR) is 173 cm³/mol. The Morgan fingerprint density at radius 2 is 1.88 bits per heavy atom. The normalized spacial score (nSPS) is 15.3. The van der Waals surface area contributed by atoms with E-state index in [1.165, 1.54) is 25.1 Å². The van der Waals surface area contributed by atoms with E-state index in [4.69, 9.17) is 9.72 Å². The molecule has 1 unspecified atom stereocenters. The molecule has 0 aliphatic carbocycles. The first-order valence-corrected chi connectivity index (χ1v) is 16.1. The highest BCUT2D eigenvalue weighted by molar-refractivity contribution is 8.05. The molecule has 218 valence electrons. The smallest absolute Gasteiger partial charge is 0.250 e. The van der Waals surface area contributed by atoms with Crippen molar-refractivity contribution in [3.63, 3.8) is 0 Å². The van der Waals surface area contributed by atoms with E-state index >= 15 is 0 Å². The molecule has 2 aromatic heterocycles. The Hall–Kier alpha value is -3.24. The molecule has 0 spiro atoms. The first-order chi connectivity index (χ1) is 20.4. The van der Waals surface area contributed by atoms with Crippen molar-refractivity contribution in [2.75, 3.05) is 57.2 Å². The van der Waals surface area contributed by atoms with E-state index < -0.39 is 0 Å². The van der Waals surface area contributed by atoms with Gasteiger partial charge in [-0.15, -0.1) is 0 Å². The third-order valence-corrected chi connectivity index (χ3v) is 10.2. The van der Waals surface area contributed by atoms with Gasteiger partial charge >= 0.3 is 0 Å². The minimum Gasteiger partial charge on any atom is -0.378 e. The lowest BCUT2D eigenvalue weighted by atomic mass is 10.1. The van der Waals surface area contributed by atoms with Crippen LogP contribution in [0.5, 0.6) is 0 Å². The number of nitrogens with zero attached hydrogens (tertiary/aromatic N) is 3. The molecule has 1 saturated heterocycles. The Kier molecular flexibility index (Phi) is 8.90. The van der Waals surface area contributed by atoms with Gasteiger partial charge in [0.15, 0.2) is 0 Å². The molecule has 4 heterocycles. The Balaban J connectivity index is 1.25. The first kappa shape index (κ1) is 28.9. The molecule has 9 heteroatoms. The Morgan fingerprint density at radius 3 is 2.67 bits per heavy atom. The molecule has 2 aliphatic rings. The Morgan fingerprint density at radius 1 is 1.02 bits per heavy atom. The van der Waals surface area contributed by atoms with Gasteiger partial charge in [0.1, 0.15) is 0 Å². The highest BCUT2D eigenvalue weighted by Gasteiger charge is 2.23. The molecule has 0 saturated carbocycles. The minimum absolute atomic E-state index is 0.0839. The molecule has 2 aliphatic heterocycles. The zero-order valence-electron chi connectivity index (χ0n) is 24.4. The van der Waals surface area contributed by atoms with Crippen molar-refractivity contribution in [1.29, 1.82) is 0 Å². The number of aryl methyl sites for hydroxylation is 1. The second kappa shape index (κ2) is 13.0. The van der Waals surface area contributed by atoms with Gasteiger partial charge in [-0.25, -0.2) is 0 Å². The van der Waals surface area contributed by atoms with Crippen molar-refractivity contribution in [3.05, 3.63) is 88.5 Å². The maximum absolute atomic E-state index is 12.7. The van der Waals surface area contributed by atoms with E-state index in [1.54, 1.807) is 29.6 Å². The summed E-state index contributed by atoms with van der Waals surface area (Å²) in [4.78, 5) is 29.8. The van der Waals surface area contributed by atoms with Crippen LogP contribution in [0.1, 0.15) is 30.1 Å². The van der Waals surface area contributed by atoms with Gasteiger partial charge in [-0.2, -0.15) is 0 Å². The second-order valence-corrected chi connectivity index (χ2v) is 13.3. The summed E-state index contributed by atoms with van der Waals surface area (Å²) >= 11 is 3.56. The third kappa shape index (κ3) is 6.70. The molecule has 1 atom stereocenters. The molecule has 1 fully saturated rings. The van der Waals surface area contributed by atoms with Crippen molar-refractivity contribution in [2.45, 2.75) is 45.4 Å². The number of ether oxygens (including phenoxy) is 1. The van der Waals surface area contributed by atoms with Crippen LogP contribution in [0.2, 0.25) is 0 Å². The molecular formula is C33H37N5O2S2. The fourth-order valence-corrected chi connectivity index (χ4v) is 7.79. The average molecular weight is 600 g/mol. The average Bonchev–Trinajstić information content (AvgIpc) is 2.99. The number of pyridine rings is 2. The van der Waals surface area contributed by atoms with Gasteiger partial charge in [-0.3, -0.25) is 9.78 Å². The lowest BCUT2D eigenvalue weighted by Gasteiger charge is -2.29. The number of morpholine rings is 1. The maximum Gasteiger partial charge on any atom is 0.250 e. The number of fused-ring (bicyclic) bond motifs is 2. The topological polar surface area (TPSA) is 73.5 Å². The number of anilines is 2. The zero-order chi connectivity index (χ0) is 29.1. The fourth-order valence-electron chi connectivity index (χ4n) is 5.37. The standard InChI is InChI=1S/C33H37N5O2S2/c1-22-9-11-26(34-21-22)27(7-5-13-37(2)3)35-23-10-12-29-31(18-23)41-30-8-4-6-25(33(30)42-29)28-19-24(20-32(39)36-28)38-14-16-40-17-15-38/h4,6,8-12,18-21,27,35H,5,7,13-17H2,1-3H3,(H,36,39). The molecule has 0 radical (unpaired) electrons. The fraction of sp³-hybridized carbons (Fsp3) is 0.333. The number of hydrogen-bond acceptors (Lipinski definition) is 8. The maximum atomic E-state index is 12.7. The summed E-state index contributed by atoms with van der Waals surface area (Å²) in [5, 5.41) is 3.79. The van der Waals surface area contributed by atoms with Crippen LogP contribution in [0.25, 0.3) is 11.3 Å². The van der Waals surface area contributed by atoms with Crippen LogP contribution in [0.15, 0.2) is 91.2 Å². The van der Waals surface area contributed by atoms with Crippen LogP contribution >= 0.6 is 23.5 Å². The number of benzene rings is 2. The molecule has 0 bridgehead atoms. The van der Waals surface area contributed by atoms with Crippen LogP contribution in [0.3, 0.4) is 0 Å². The monoisotopic (exact) mass is 599 g/mol. The Bertz CT molecular complexity index is 1600.